The average Bonchev–Trinajstić information content (AvgIpc) is 3.11. The summed E-state index contributed by atoms with van der Waals surface area (Å²) in [5.74, 6) is -1.68. The number of rotatable bonds is 4. The van der Waals surface area contributed by atoms with E-state index in [0.29, 0.717) is 11.8 Å². The van der Waals surface area contributed by atoms with E-state index in [1.165, 1.54) is 24.3 Å². The summed E-state index contributed by atoms with van der Waals surface area (Å²) in [4.78, 5) is 11.4. The fourth-order valence-corrected chi connectivity index (χ4v) is 4.53. The number of aliphatic carboxylic acids is 1. The van der Waals surface area contributed by atoms with Crippen LogP contribution >= 0.6 is 0 Å². The van der Waals surface area contributed by atoms with E-state index in [1.54, 1.807) is 0 Å². The van der Waals surface area contributed by atoms with Crippen LogP contribution in [-0.2, 0) is 14.8 Å². The van der Waals surface area contributed by atoms with Gasteiger partial charge in [0.1, 0.15) is 17.4 Å². The first-order chi connectivity index (χ1) is 10.8. The van der Waals surface area contributed by atoms with Crippen LogP contribution in [0.3, 0.4) is 0 Å². The molecule has 124 valence electrons. The largest absolute Gasteiger partial charge is 0.480 e. The van der Waals surface area contributed by atoms with E-state index in [2.05, 4.69) is 0 Å². The van der Waals surface area contributed by atoms with Crippen molar-refractivity contribution in [3.05, 3.63) is 30.1 Å². The molecule has 0 amide bonds. The van der Waals surface area contributed by atoms with Gasteiger partial charge in [0, 0.05) is 18.0 Å². The van der Waals surface area contributed by atoms with Gasteiger partial charge in [-0.25, -0.2) is 12.8 Å². The van der Waals surface area contributed by atoms with Crippen molar-refractivity contribution >= 4 is 27.0 Å². The Morgan fingerprint density at radius 3 is 2.83 bits per heavy atom. The number of fused-ring (bicyclic) bond motifs is 1. The lowest BCUT2D eigenvalue weighted by Gasteiger charge is -2.19. The molecule has 0 bridgehead atoms. The number of carboxylic acids is 1. The molecule has 1 N–H and O–H groups in total. The number of hydrogen-bond acceptors (Lipinski definition) is 4. The molecule has 1 aliphatic heterocycles. The number of furan rings is 1. The zero-order valence-corrected chi connectivity index (χ0v) is 13.2. The fraction of sp³-hybridized carbons (Fsp3) is 0.400. The fourth-order valence-electron chi connectivity index (χ4n) is 2.91. The third-order valence-corrected chi connectivity index (χ3v) is 5.95. The first kappa shape index (κ1) is 15.9. The van der Waals surface area contributed by atoms with Crippen molar-refractivity contribution < 1.29 is 27.1 Å². The highest BCUT2D eigenvalue weighted by Crippen LogP contribution is 2.33. The third kappa shape index (κ3) is 2.72. The van der Waals surface area contributed by atoms with Gasteiger partial charge in [0.2, 0.25) is 5.09 Å². The van der Waals surface area contributed by atoms with Crippen LogP contribution in [0.5, 0.6) is 0 Å². The standard InChI is InChI=1S/C15H16FNO5S/c1-2-9-5-12(15(18)19)17(8-9)23(20,21)14-7-10-6-11(16)3-4-13(10)22-14/h3-4,6-7,9,12H,2,5,8H2,1H3,(H,18,19)/t9-,12+/m1/s1. The molecule has 23 heavy (non-hydrogen) atoms. The van der Waals surface area contributed by atoms with Gasteiger partial charge in [0.05, 0.1) is 0 Å². The molecule has 1 aromatic heterocycles. The molecule has 1 aromatic carbocycles. The van der Waals surface area contributed by atoms with Gasteiger partial charge >= 0.3 is 5.97 Å². The summed E-state index contributed by atoms with van der Waals surface area (Å²) < 4.78 is 45.0. The quantitative estimate of drug-likeness (QED) is 0.923. The number of benzene rings is 1. The van der Waals surface area contributed by atoms with Crippen LogP contribution in [0, 0.1) is 11.7 Å². The number of carboxylic acid groups (broad SMARTS) is 1. The predicted molar refractivity (Wildman–Crippen MR) is 79.9 cm³/mol. The number of nitrogens with zero attached hydrogens (tertiary/aromatic N) is 1. The van der Waals surface area contributed by atoms with Crippen molar-refractivity contribution in [2.75, 3.05) is 6.54 Å². The molecule has 3 rings (SSSR count). The Hall–Kier alpha value is -1.93. The molecule has 0 saturated carbocycles. The zero-order chi connectivity index (χ0) is 16.8. The second-order valence-corrected chi connectivity index (χ2v) is 7.51. The molecule has 0 unspecified atom stereocenters. The molecule has 2 atom stereocenters. The summed E-state index contributed by atoms with van der Waals surface area (Å²) in [6.45, 7) is 2.03. The predicted octanol–water partition coefficient (Wildman–Crippen LogP) is 2.45. The first-order valence-electron chi connectivity index (χ1n) is 7.26. The Bertz CT molecular complexity index is 860. The van der Waals surface area contributed by atoms with E-state index in [4.69, 9.17) is 4.42 Å². The van der Waals surface area contributed by atoms with Crippen LogP contribution < -0.4 is 0 Å². The van der Waals surface area contributed by atoms with E-state index < -0.39 is 27.9 Å². The maximum Gasteiger partial charge on any atom is 0.322 e. The van der Waals surface area contributed by atoms with Gasteiger partial charge < -0.3 is 9.52 Å². The Morgan fingerprint density at radius 1 is 1.43 bits per heavy atom. The lowest BCUT2D eigenvalue weighted by molar-refractivity contribution is -0.140. The van der Waals surface area contributed by atoms with Crippen LogP contribution in [0.4, 0.5) is 4.39 Å². The molecule has 2 aromatic rings. The van der Waals surface area contributed by atoms with E-state index in [0.717, 1.165) is 4.31 Å². The highest BCUT2D eigenvalue weighted by molar-refractivity contribution is 7.89. The van der Waals surface area contributed by atoms with E-state index >= 15 is 0 Å². The van der Waals surface area contributed by atoms with Crippen LogP contribution in [0.25, 0.3) is 11.0 Å². The first-order valence-corrected chi connectivity index (χ1v) is 8.70. The monoisotopic (exact) mass is 341 g/mol. The molecule has 0 radical (unpaired) electrons. The number of halogens is 1. The molecular formula is C15H16FNO5S. The summed E-state index contributed by atoms with van der Waals surface area (Å²) in [6.07, 6.45) is 0.973. The van der Waals surface area contributed by atoms with Gasteiger partial charge in [-0.05, 0) is 30.5 Å². The summed E-state index contributed by atoms with van der Waals surface area (Å²) >= 11 is 0. The van der Waals surface area contributed by atoms with E-state index in [1.807, 2.05) is 6.92 Å². The highest BCUT2D eigenvalue weighted by atomic mass is 32.2. The second kappa shape index (κ2) is 5.61. The number of hydrogen-bond donors (Lipinski definition) is 1. The number of sulfonamides is 1. The van der Waals surface area contributed by atoms with Crippen molar-refractivity contribution in [2.24, 2.45) is 5.92 Å². The Kier molecular flexibility index (Phi) is 3.89. The van der Waals surface area contributed by atoms with Gasteiger partial charge in [-0.2, -0.15) is 4.31 Å². The molecule has 1 aliphatic rings. The van der Waals surface area contributed by atoms with Crippen molar-refractivity contribution in [1.82, 2.24) is 4.31 Å². The minimum atomic E-state index is -4.09. The van der Waals surface area contributed by atoms with Gasteiger partial charge in [0.15, 0.2) is 0 Å². The summed E-state index contributed by atoms with van der Waals surface area (Å²) in [5.41, 5.74) is 0.239. The van der Waals surface area contributed by atoms with Crippen LogP contribution in [-0.4, -0.2) is 36.4 Å². The van der Waals surface area contributed by atoms with Gasteiger partial charge in [-0.15, -0.1) is 0 Å². The number of carbonyl (C=O) groups is 1. The normalized spacial score (nSPS) is 22.7. The van der Waals surface area contributed by atoms with Crippen LogP contribution in [0.2, 0.25) is 0 Å². The summed E-state index contributed by atoms with van der Waals surface area (Å²) in [5, 5.41) is 9.26. The highest BCUT2D eigenvalue weighted by Gasteiger charge is 2.44. The Labute approximate surface area is 132 Å². The lowest BCUT2D eigenvalue weighted by atomic mass is 10.0. The van der Waals surface area contributed by atoms with Crippen LogP contribution in [0.15, 0.2) is 33.8 Å². The van der Waals surface area contributed by atoms with Crippen molar-refractivity contribution in [3.63, 3.8) is 0 Å². The maximum atomic E-state index is 13.2. The topological polar surface area (TPSA) is 87.8 Å². The molecule has 2 heterocycles. The van der Waals surface area contributed by atoms with Gasteiger partial charge in [-0.3, -0.25) is 4.79 Å². The summed E-state index contributed by atoms with van der Waals surface area (Å²) in [7, 11) is -4.09. The molecule has 8 heteroatoms. The van der Waals surface area contributed by atoms with Gasteiger partial charge in [-0.1, -0.05) is 13.3 Å². The lowest BCUT2D eigenvalue weighted by Crippen LogP contribution is -2.40. The average molecular weight is 341 g/mol. The van der Waals surface area contributed by atoms with E-state index in [-0.39, 0.29) is 29.6 Å². The zero-order valence-electron chi connectivity index (χ0n) is 12.4. The van der Waals surface area contributed by atoms with Crippen molar-refractivity contribution in [2.45, 2.75) is 30.9 Å². The summed E-state index contributed by atoms with van der Waals surface area (Å²) in [6, 6.07) is 3.81. The smallest absolute Gasteiger partial charge is 0.322 e. The second-order valence-electron chi connectivity index (χ2n) is 5.69. The minimum absolute atomic E-state index is 0.00676. The molecule has 1 fully saturated rings. The molecule has 1 saturated heterocycles. The third-order valence-electron chi connectivity index (χ3n) is 4.22. The molecule has 0 spiro atoms. The molecule has 0 aliphatic carbocycles. The maximum absolute atomic E-state index is 13.2. The molecule has 6 nitrogen and oxygen atoms in total. The minimum Gasteiger partial charge on any atom is -0.480 e. The Balaban J connectivity index is 2.03. The van der Waals surface area contributed by atoms with E-state index in [9.17, 15) is 22.7 Å². The van der Waals surface area contributed by atoms with Crippen molar-refractivity contribution in [3.8, 4) is 0 Å². The Morgan fingerprint density at radius 2 is 2.17 bits per heavy atom. The van der Waals surface area contributed by atoms with Crippen molar-refractivity contribution in [1.29, 1.82) is 0 Å². The SMILES string of the molecule is CC[C@@H]1C[C@@H](C(=O)O)N(S(=O)(=O)c2cc3cc(F)ccc3o2)C1. The molecular weight excluding hydrogens is 325 g/mol. The van der Waals surface area contributed by atoms with Gasteiger partial charge in [0.25, 0.3) is 10.0 Å². The van der Waals surface area contributed by atoms with Crippen LogP contribution in [0.1, 0.15) is 19.8 Å².